The second-order valence-electron chi connectivity index (χ2n) is 4.92. The summed E-state index contributed by atoms with van der Waals surface area (Å²) in [4.78, 5) is 3.85. The number of hydrogen-bond acceptors (Lipinski definition) is 3. The molecule has 1 aromatic rings. The molecule has 0 spiro atoms. The highest BCUT2D eigenvalue weighted by Gasteiger charge is 2.23. The lowest BCUT2D eigenvalue weighted by Crippen LogP contribution is -2.39. The third-order valence-corrected chi connectivity index (χ3v) is 4.98. The summed E-state index contributed by atoms with van der Waals surface area (Å²) in [5, 5.41) is 3.38. The molecule has 0 atom stereocenters. The van der Waals surface area contributed by atoms with Gasteiger partial charge >= 0.3 is 0 Å². The molecule has 4 heteroatoms. The molecule has 0 aromatic carbocycles. The predicted molar refractivity (Wildman–Crippen MR) is 75.9 cm³/mol. The van der Waals surface area contributed by atoms with Gasteiger partial charge in [0, 0.05) is 23.5 Å². The second kappa shape index (κ2) is 6.19. The molecule has 1 N–H and O–H groups in total. The molecular formula is C13H21ClN2S. The van der Waals surface area contributed by atoms with Crippen LogP contribution in [0.25, 0.3) is 0 Å². The molecule has 1 aromatic heterocycles. The van der Waals surface area contributed by atoms with Crippen LogP contribution < -0.4 is 5.32 Å². The van der Waals surface area contributed by atoms with Crippen molar-refractivity contribution in [3.05, 3.63) is 21.3 Å². The Morgan fingerprint density at radius 2 is 2.06 bits per heavy atom. The van der Waals surface area contributed by atoms with E-state index in [2.05, 4.69) is 30.4 Å². The molecule has 1 aliphatic carbocycles. The van der Waals surface area contributed by atoms with Crippen molar-refractivity contribution in [2.24, 2.45) is 0 Å². The van der Waals surface area contributed by atoms with Crippen molar-refractivity contribution < 1.29 is 0 Å². The van der Waals surface area contributed by atoms with E-state index in [1.165, 1.54) is 30.6 Å². The Morgan fingerprint density at radius 3 is 2.59 bits per heavy atom. The van der Waals surface area contributed by atoms with Crippen LogP contribution in [0.3, 0.4) is 0 Å². The van der Waals surface area contributed by atoms with E-state index in [0.29, 0.717) is 0 Å². The van der Waals surface area contributed by atoms with Gasteiger partial charge in [-0.15, -0.1) is 11.3 Å². The molecule has 2 rings (SSSR count). The van der Waals surface area contributed by atoms with E-state index < -0.39 is 0 Å². The van der Waals surface area contributed by atoms with E-state index in [-0.39, 0.29) is 0 Å². The minimum atomic E-state index is 0.732. The van der Waals surface area contributed by atoms with Gasteiger partial charge in [-0.25, -0.2) is 0 Å². The Bertz CT molecular complexity index is 345. The summed E-state index contributed by atoms with van der Waals surface area (Å²) in [6, 6.07) is 5.60. The summed E-state index contributed by atoms with van der Waals surface area (Å²) in [5.41, 5.74) is 0. The lowest BCUT2D eigenvalue weighted by Gasteiger charge is -2.34. The van der Waals surface area contributed by atoms with Crippen LogP contribution in [0.15, 0.2) is 12.1 Å². The van der Waals surface area contributed by atoms with Crippen molar-refractivity contribution in [3.63, 3.8) is 0 Å². The van der Waals surface area contributed by atoms with Gasteiger partial charge in [0.05, 0.1) is 4.34 Å². The van der Waals surface area contributed by atoms with Gasteiger partial charge in [-0.05, 0) is 51.9 Å². The Hall–Kier alpha value is -0.0900. The maximum absolute atomic E-state index is 5.96. The van der Waals surface area contributed by atoms with Crippen molar-refractivity contribution >= 4 is 22.9 Å². The Kier molecular flexibility index (Phi) is 4.86. The SMILES string of the molecule is CNC1CCC(N(C)Cc2ccc(Cl)s2)CC1. The maximum atomic E-state index is 5.96. The molecule has 0 bridgehead atoms. The number of nitrogens with zero attached hydrogens (tertiary/aromatic N) is 1. The van der Waals surface area contributed by atoms with Gasteiger partial charge < -0.3 is 5.32 Å². The third kappa shape index (κ3) is 3.68. The van der Waals surface area contributed by atoms with Crippen LogP contribution in [-0.4, -0.2) is 31.1 Å². The van der Waals surface area contributed by atoms with Gasteiger partial charge in [0.2, 0.25) is 0 Å². The Morgan fingerprint density at radius 1 is 1.35 bits per heavy atom. The molecular weight excluding hydrogens is 252 g/mol. The predicted octanol–water partition coefficient (Wildman–Crippen LogP) is 3.36. The average Bonchev–Trinajstić information content (AvgIpc) is 2.75. The number of halogens is 1. The maximum Gasteiger partial charge on any atom is 0.0931 e. The van der Waals surface area contributed by atoms with Gasteiger partial charge in [-0.2, -0.15) is 0 Å². The molecule has 1 heterocycles. The number of thiophene rings is 1. The van der Waals surface area contributed by atoms with Gasteiger partial charge in [-0.1, -0.05) is 11.6 Å². The largest absolute Gasteiger partial charge is 0.317 e. The van der Waals surface area contributed by atoms with Crippen molar-refractivity contribution in [1.29, 1.82) is 0 Å². The van der Waals surface area contributed by atoms with Crippen LogP contribution in [0.2, 0.25) is 4.34 Å². The molecule has 0 saturated heterocycles. The first kappa shape index (κ1) is 13.3. The summed E-state index contributed by atoms with van der Waals surface area (Å²) in [6.07, 6.45) is 5.22. The summed E-state index contributed by atoms with van der Waals surface area (Å²) in [5.74, 6) is 0. The third-order valence-electron chi connectivity index (χ3n) is 3.76. The van der Waals surface area contributed by atoms with E-state index in [9.17, 15) is 0 Å². The van der Waals surface area contributed by atoms with Gasteiger partial charge in [0.15, 0.2) is 0 Å². The Labute approximate surface area is 113 Å². The fourth-order valence-corrected chi connectivity index (χ4v) is 3.77. The number of hydrogen-bond donors (Lipinski definition) is 1. The summed E-state index contributed by atoms with van der Waals surface area (Å²) in [7, 11) is 4.31. The van der Waals surface area contributed by atoms with E-state index in [1.807, 2.05) is 6.07 Å². The van der Waals surface area contributed by atoms with Crippen LogP contribution in [0.4, 0.5) is 0 Å². The lowest BCUT2D eigenvalue weighted by atomic mass is 9.90. The second-order valence-corrected chi connectivity index (χ2v) is 6.71. The first-order valence-corrected chi connectivity index (χ1v) is 7.50. The highest BCUT2D eigenvalue weighted by Crippen LogP contribution is 2.26. The molecule has 1 aliphatic rings. The topological polar surface area (TPSA) is 15.3 Å². The summed E-state index contributed by atoms with van der Waals surface area (Å²) >= 11 is 7.66. The standard InChI is InChI=1S/C13H21ClN2S/c1-15-10-3-5-11(6-4-10)16(2)9-12-7-8-13(14)17-12/h7-8,10-11,15H,3-6,9H2,1-2H3. The fraction of sp³-hybridized carbons (Fsp3) is 0.692. The molecule has 0 unspecified atom stereocenters. The molecule has 96 valence electrons. The smallest absolute Gasteiger partial charge is 0.0931 e. The number of rotatable bonds is 4. The van der Waals surface area contributed by atoms with Crippen LogP contribution in [-0.2, 0) is 6.54 Å². The van der Waals surface area contributed by atoms with Crippen LogP contribution in [0.1, 0.15) is 30.6 Å². The first-order valence-electron chi connectivity index (χ1n) is 6.30. The van der Waals surface area contributed by atoms with E-state index >= 15 is 0 Å². The van der Waals surface area contributed by atoms with Gasteiger partial charge in [0.1, 0.15) is 0 Å². The van der Waals surface area contributed by atoms with Crippen molar-refractivity contribution in [1.82, 2.24) is 10.2 Å². The normalized spacial score (nSPS) is 25.4. The van der Waals surface area contributed by atoms with E-state index in [0.717, 1.165) is 23.0 Å². The molecule has 2 nitrogen and oxygen atoms in total. The van der Waals surface area contributed by atoms with Crippen LogP contribution in [0, 0.1) is 0 Å². The minimum absolute atomic E-state index is 0.732. The molecule has 0 amide bonds. The Balaban J connectivity index is 1.82. The zero-order valence-electron chi connectivity index (χ0n) is 10.6. The minimum Gasteiger partial charge on any atom is -0.317 e. The van der Waals surface area contributed by atoms with E-state index in [1.54, 1.807) is 11.3 Å². The van der Waals surface area contributed by atoms with Crippen LogP contribution in [0.5, 0.6) is 0 Å². The van der Waals surface area contributed by atoms with Crippen LogP contribution >= 0.6 is 22.9 Å². The first-order chi connectivity index (χ1) is 8.19. The van der Waals surface area contributed by atoms with Gasteiger partial charge in [0.25, 0.3) is 0 Å². The fourth-order valence-electron chi connectivity index (χ4n) is 2.62. The summed E-state index contributed by atoms with van der Waals surface area (Å²) in [6.45, 7) is 1.03. The monoisotopic (exact) mass is 272 g/mol. The van der Waals surface area contributed by atoms with Crippen molar-refractivity contribution in [2.45, 2.75) is 44.3 Å². The zero-order valence-corrected chi connectivity index (χ0v) is 12.2. The number of nitrogens with one attached hydrogen (secondary N) is 1. The van der Waals surface area contributed by atoms with Crippen molar-refractivity contribution in [2.75, 3.05) is 14.1 Å². The molecule has 0 radical (unpaired) electrons. The van der Waals surface area contributed by atoms with Crippen molar-refractivity contribution in [3.8, 4) is 0 Å². The highest BCUT2D eigenvalue weighted by molar-refractivity contribution is 7.16. The molecule has 17 heavy (non-hydrogen) atoms. The average molecular weight is 273 g/mol. The molecule has 1 saturated carbocycles. The summed E-state index contributed by atoms with van der Waals surface area (Å²) < 4.78 is 0.896. The quantitative estimate of drug-likeness (QED) is 0.904. The van der Waals surface area contributed by atoms with Gasteiger partial charge in [-0.3, -0.25) is 4.90 Å². The molecule has 0 aliphatic heterocycles. The zero-order chi connectivity index (χ0) is 12.3. The highest BCUT2D eigenvalue weighted by atomic mass is 35.5. The van der Waals surface area contributed by atoms with E-state index in [4.69, 9.17) is 11.6 Å². The molecule has 1 fully saturated rings. The lowest BCUT2D eigenvalue weighted by molar-refractivity contribution is 0.171.